The molecule has 0 unspecified atom stereocenters. The van der Waals surface area contributed by atoms with Crippen molar-refractivity contribution in [2.24, 2.45) is 10.1 Å². The number of piperidine rings is 1. The second-order valence-electron chi connectivity index (χ2n) is 7.62. The van der Waals surface area contributed by atoms with Crippen molar-refractivity contribution in [2.75, 3.05) is 46.9 Å². The normalized spacial score (nSPS) is 21.1. The Morgan fingerprint density at radius 2 is 2.07 bits per heavy atom. The maximum Gasteiger partial charge on any atom is 0.330 e. The van der Waals surface area contributed by atoms with E-state index in [0.29, 0.717) is 19.0 Å². The highest BCUT2D eigenvalue weighted by atomic mass is 16.5. The van der Waals surface area contributed by atoms with Crippen molar-refractivity contribution in [3.8, 4) is 5.75 Å². The van der Waals surface area contributed by atoms with Crippen molar-refractivity contribution < 1.29 is 14.4 Å². The van der Waals surface area contributed by atoms with Gasteiger partial charge in [-0.2, -0.15) is 0 Å². The molecule has 148 valence electrons. The molecule has 1 fully saturated rings. The van der Waals surface area contributed by atoms with Gasteiger partial charge in [-0.3, -0.25) is 10.2 Å². The molecule has 1 aromatic rings. The van der Waals surface area contributed by atoms with Crippen LogP contribution in [0.3, 0.4) is 0 Å². The lowest BCUT2D eigenvalue weighted by Gasteiger charge is -2.26. The topological polar surface area (TPSA) is 69.5 Å². The lowest BCUT2D eigenvalue weighted by molar-refractivity contribution is -0.804. The van der Waals surface area contributed by atoms with Gasteiger partial charge in [-0.05, 0) is 43.6 Å². The fourth-order valence-electron chi connectivity index (χ4n) is 3.47. The van der Waals surface area contributed by atoms with Crippen LogP contribution >= 0.6 is 0 Å². The highest BCUT2D eigenvalue weighted by Crippen LogP contribution is 2.18. The number of nitrogens with one attached hydrogen (secondary N) is 1. The predicted octanol–water partition coefficient (Wildman–Crippen LogP) is 1.78. The molecular formula is C20H32N5O2+. The van der Waals surface area contributed by atoms with E-state index in [1.807, 2.05) is 20.2 Å². The van der Waals surface area contributed by atoms with Crippen LogP contribution in [0.25, 0.3) is 0 Å². The van der Waals surface area contributed by atoms with Crippen LogP contribution in [0.5, 0.6) is 5.75 Å². The van der Waals surface area contributed by atoms with Gasteiger partial charge in [0.05, 0.1) is 6.61 Å². The highest BCUT2D eigenvalue weighted by Gasteiger charge is 2.32. The van der Waals surface area contributed by atoms with Crippen LogP contribution in [0.15, 0.2) is 34.4 Å². The molecule has 2 N–H and O–H groups in total. The number of nitrogens with zero attached hydrogens (tertiary/aromatic N) is 4. The van der Waals surface area contributed by atoms with Gasteiger partial charge in [-0.15, -0.1) is 4.59 Å². The summed E-state index contributed by atoms with van der Waals surface area (Å²) in [5, 5.41) is 16.6. The molecular weight excluding hydrogens is 342 g/mol. The van der Waals surface area contributed by atoms with Gasteiger partial charge in [-0.1, -0.05) is 23.7 Å². The van der Waals surface area contributed by atoms with Gasteiger partial charge in [0.15, 0.2) is 5.84 Å². The number of amidine groups is 1. The number of benzene rings is 1. The first kappa shape index (κ1) is 19.8. The van der Waals surface area contributed by atoms with Crippen molar-refractivity contribution in [2.45, 2.75) is 32.2 Å². The van der Waals surface area contributed by atoms with Crippen molar-refractivity contribution >= 4 is 11.8 Å². The number of aliphatic imine (C=N–C) groups is 1. The molecule has 7 heteroatoms. The van der Waals surface area contributed by atoms with E-state index < -0.39 is 0 Å². The number of likely N-dealkylation sites (tertiary alicyclic amines) is 1. The van der Waals surface area contributed by atoms with E-state index in [4.69, 9.17) is 4.74 Å². The Balaban J connectivity index is 1.42. The van der Waals surface area contributed by atoms with Crippen molar-refractivity contribution in [3.63, 3.8) is 0 Å². The lowest BCUT2D eigenvalue weighted by atomic mass is 10.1. The molecule has 0 atom stereocenters. The van der Waals surface area contributed by atoms with Crippen LogP contribution < -0.4 is 10.1 Å². The van der Waals surface area contributed by atoms with Gasteiger partial charge < -0.3 is 9.84 Å². The van der Waals surface area contributed by atoms with Gasteiger partial charge in [0, 0.05) is 19.5 Å². The van der Waals surface area contributed by atoms with Crippen LogP contribution in [0.4, 0.5) is 0 Å². The van der Waals surface area contributed by atoms with Crippen LogP contribution in [0.1, 0.15) is 31.2 Å². The SMILES string of the molecule is C[N+]1(C)N=C(CO)NC1=NCCCOc1cccc(CN2CCCCC2)c1. The summed E-state index contributed by atoms with van der Waals surface area (Å²) in [6, 6.07) is 8.43. The summed E-state index contributed by atoms with van der Waals surface area (Å²) in [5.74, 6) is 2.24. The van der Waals surface area contributed by atoms with Crippen molar-refractivity contribution in [1.29, 1.82) is 0 Å². The zero-order valence-electron chi connectivity index (χ0n) is 16.5. The predicted molar refractivity (Wildman–Crippen MR) is 108 cm³/mol. The molecule has 0 saturated carbocycles. The minimum atomic E-state index is -0.0996. The third-order valence-corrected chi connectivity index (χ3v) is 4.88. The first-order chi connectivity index (χ1) is 13.1. The maximum atomic E-state index is 9.20. The quantitative estimate of drug-likeness (QED) is 0.538. The smallest absolute Gasteiger partial charge is 0.330 e. The van der Waals surface area contributed by atoms with Crippen molar-refractivity contribution in [1.82, 2.24) is 10.2 Å². The zero-order valence-corrected chi connectivity index (χ0v) is 16.5. The maximum absolute atomic E-state index is 9.20. The largest absolute Gasteiger partial charge is 0.494 e. The number of hydrogen-bond acceptors (Lipinski definition) is 5. The average Bonchev–Trinajstić information content (AvgIpc) is 2.96. The molecule has 7 nitrogen and oxygen atoms in total. The Morgan fingerprint density at radius 3 is 2.81 bits per heavy atom. The summed E-state index contributed by atoms with van der Waals surface area (Å²) >= 11 is 0. The summed E-state index contributed by atoms with van der Waals surface area (Å²) in [6.45, 7) is 4.61. The van der Waals surface area contributed by atoms with Gasteiger partial charge in [-0.25, -0.2) is 4.99 Å². The lowest BCUT2D eigenvalue weighted by Crippen LogP contribution is -2.43. The molecule has 2 aliphatic heterocycles. The van der Waals surface area contributed by atoms with Crippen LogP contribution in [-0.4, -0.2) is 73.3 Å². The Labute approximate surface area is 161 Å². The summed E-state index contributed by atoms with van der Waals surface area (Å²) in [7, 11) is 3.86. The number of quaternary nitrogens is 1. The number of aliphatic hydroxyl groups is 1. The third-order valence-electron chi connectivity index (χ3n) is 4.88. The van der Waals surface area contributed by atoms with Gasteiger partial charge in [0.2, 0.25) is 0 Å². The molecule has 0 radical (unpaired) electrons. The van der Waals surface area contributed by atoms with E-state index in [1.54, 1.807) is 0 Å². The zero-order chi connectivity index (χ0) is 19.1. The molecule has 1 saturated heterocycles. The first-order valence-electron chi connectivity index (χ1n) is 9.87. The van der Waals surface area contributed by atoms with Crippen LogP contribution in [0.2, 0.25) is 0 Å². The Bertz CT molecular complexity index is 681. The summed E-state index contributed by atoms with van der Waals surface area (Å²) < 4.78 is 6.20. The minimum absolute atomic E-state index is 0.0996. The van der Waals surface area contributed by atoms with E-state index in [2.05, 4.69) is 38.5 Å². The van der Waals surface area contributed by atoms with E-state index >= 15 is 0 Å². The third kappa shape index (κ3) is 5.76. The Morgan fingerprint density at radius 1 is 1.26 bits per heavy atom. The summed E-state index contributed by atoms with van der Waals surface area (Å²) in [5.41, 5.74) is 1.32. The number of aliphatic hydroxyl groups excluding tert-OH is 1. The molecule has 2 aliphatic rings. The van der Waals surface area contributed by atoms with Crippen molar-refractivity contribution in [3.05, 3.63) is 29.8 Å². The molecule has 1 aromatic carbocycles. The number of guanidine groups is 1. The molecule has 2 heterocycles. The fourth-order valence-corrected chi connectivity index (χ4v) is 3.47. The fraction of sp³-hybridized carbons (Fsp3) is 0.600. The van der Waals surface area contributed by atoms with Crippen LogP contribution in [-0.2, 0) is 6.54 Å². The van der Waals surface area contributed by atoms with E-state index in [9.17, 15) is 5.11 Å². The number of ether oxygens (including phenoxy) is 1. The average molecular weight is 375 g/mol. The highest BCUT2D eigenvalue weighted by molar-refractivity contribution is 6.00. The van der Waals surface area contributed by atoms with E-state index in [-0.39, 0.29) is 11.2 Å². The van der Waals surface area contributed by atoms with Gasteiger partial charge >= 0.3 is 5.96 Å². The molecule has 27 heavy (non-hydrogen) atoms. The number of rotatable bonds is 8. The first-order valence-corrected chi connectivity index (χ1v) is 9.87. The van der Waals surface area contributed by atoms with Crippen LogP contribution in [0, 0.1) is 0 Å². The Hall–Kier alpha value is -1.96. The van der Waals surface area contributed by atoms with E-state index in [1.165, 1.54) is 37.9 Å². The molecule has 3 rings (SSSR count). The minimum Gasteiger partial charge on any atom is -0.494 e. The summed E-state index contributed by atoms with van der Waals surface area (Å²) in [4.78, 5) is 7.09. The van der Waals surface area contributed by atoms with Gasteiger partial charge in [0.1, 0.15) is 26.5 Å². The second kappa shape index (κ2) is 9.30. The standard InChI is InChI=1S/C20H32N5O2/c1-25(2)20(22-19(16-26)23-25)21-10-7-13-27-18-9-6-8-17(14-18)15-24-11-4-3-5-12-24/h6,8-9,14,26H,3-5,7,10-13,15-16H2,1-2H3,(H,21,22,23)/q+1. The summed E-state index contributed by atoms with van der Waals surface area (Å²) in [6.07, 6.45) is 4.82. The molecule has 0 spiro atoms. The molecule has 0 amide bonds. The Kier molecular flexibility index (Phi) is 6.82. The number of hydrogen-bond donors (Lipinski definition) is 2. The molecule has 0 bridgehead atoms. The molecule has 0 aliphatic carbocycles. The second-order valence-corrected chi connectivity index (χ2v) is 7.62. The van der Waals surface area contributed by atoms with Gasteiger partial charge in [0.25, 0.3) is 0 Å². The van der Waals surface area contributed by atoms with E-state index in [0.717, 1.165) is 24.7 Å². The monoisotopic (exact) mass is 374 g/mol. The molecule has 0 aromatic heterocycles.